The molecule has 1 aliphatic rings. The van der Waals surface area contributed by atoms with Gasteiger partial charge in [0.05, 0.1) is 4.32 Å². The summed E-state index contributed by atoms with van der Waals surface area (Å²) < 4.78 is -3.96. The van der Waals surface area contributed by atoms with Crippen molar-refractivity contribution in [3.05, 3.63) is 35.9 Å². The summed E-state index contributed by atoms with van der Waals surface area (Å²) in [4.78, 5) is 0. The molecule has 0 unspecified atom stereocenters. The molecule has 24 heavy (non-hydrogen) atoms. The van der Waals surface area contributed by atoms with Crippen molar-refractivity contribution >= 4 is 175 Å². The topological polar surface area (TPSA) is 0 Å². The van der Waals surface area contributed by atoms with Gasteiger partial charge in [0.15, 0.2) is 0 Å². The van der Waals surface area contributed by atoms with Crippen molar-refractivity contribution in [1.29, 1.82) is 0 Å². The van der Waals surface area contributed by atoms with Crippen LogP contribution < -0.4 is 0 Å². The van der Waals surface area contributed by atoms with Gasteiger partial charge in [-0.3, -0.25) is 0 Å². The molecular weight excluding hydrogens is 1040 g/mol. The van der Waals surface area contributed by atoms with Gasteiger partial charge in [0.1, 0.15) is 16.2 Å². The molecule has 0 amide bonds. The second-order valence-electron chi connectivity index (χ2n) is 5.34. The zero-order chi connectivity index (χ0) is 18.8. The average molecular weight is 1040 g/mol. The van der Waals surface area contributed by atoms with Gasteiger partial charge in [0, 0.05) is 0 Å². The van der Waals surface area contributed by atoms with Crippen molar-refractivity contribution in [3.8, 4) is 0 Å². The van der Waals surface area contributed by atoms with Gasteiger partial charge >= 0.3 is 0 Å². The number of rotatable bonds is 2. The normalized spacial score (nSPS) is 28.3. The van der Waals surface area contributed by atoms with Crippen LogP contribution in [-0.4, -0.2) is 20.5 Å². The Morgan fingerprint density at radius 2 is 0.833 bits per heavy atom. The first kappa shape index (κ1) is 24.8. The van der Waals surface area contributed by atoms with Crippen LogP contribution in [0.3, 0.4) is 0 Å². The minimum Gasteiger partial charge on any atom is -0.0798 e. The molecule has 0 nitrogen and oxygen atoms in total. The molecule has 0 saturated heterocycles. The monoisotopic (exact) mass is 1030 g/mol. The molecule has 1 aliphatic carbocycles. The highest BCUT2D eigenvalue weighted by atomic mass is 79.9. The van der Waals surface area contributed by atoms with Gasteiger partial charge in [-0.25, -0.2) is 0 Å². The number of benzene rings is 1. The van der Waals surface area contributed by atoms with Gasteiger partial charge < -0.3 is 0 Å². The molecule has 0 aliphatic heterocycles. The molecular formula is C13H7Br11. The highest BCUT2D eigenvalue weighted by Crippen LogP contribution is 2.82. The Bertz CT molecular complexity index is 590. The predicted octanol–water partition coefficient (Wildman–Crippen LogP) is 9.81. The third-order valence-corrected chi connectivity index (χ3v) is 28.2. The first-order valence-electron chi connectivity index (χ1n) is 6.20. The van der Waals surface area contributed by atoms with Gasteiger partial charge in [-0.05, 0) is 12.0 Å². The summed E-state index contributed by atoms with van der Waals surface area (Å²) in [6.45, 7) is 0. The van der Waals surface area contributed by atoms with Crippen LogP contribution in [-0.2, 0) is 6.42 Å². The molecule has 0 radical (unpaired) electrons. The molecule has 0 N–H and O–H groups in total. The molecule has 1 aromatic rings. The number of hydrogen-bond donors (Lipinski definition) is 0. The van der Waals surface area contributed by atoms with E-state index >= 15 is 0 Å². The highest BCUT2D eigenvalue weighted by molar-refractivity contribution is 9.36. The third-order valence-electron chi connectivity index (χ3n) is 3.86. The maximum Gasteiger partial charge on any atom is 0.135 e. The van der Waals surface area contributed by atoms with E-state index in [1.165, 1.54) is 5.56 Å². The summed E-state index contributed by atoms with van der Waals surface area (Å²) in [5.74, 6) is 0. The minimum atomic E-state index is -0.687. The summed E-state index contributed by atoms with van der Waals surface area (Å²) in [5, 5.41) is 0. The van der Waals surface area contributed by atoms with Gasteiger partial charge in [0.25, 0.3) is 0 Å². The van der Waals surface area contributed by atoms with Crippen LogP contribution in [0, 0.1) is 0 Å². The van der Waals surface area contributed by atoms with Crippen LogP contribution in [0.25, 0.3) is 0 Å². The molecule has 1 saturated carbocycles. The second kappa shape index (κ2) is 7.88. The average Bonchev–Trinajstić information content (AvgIpc) is 2.46. The Labute approximate surface area is 234 Å². The zero-order valence-electron chi connectivity index (χ0n) is 11.3. The molecule has 0 heterocycles. The van der Waals surface area contributed by atoms with E-state index in [4.69, 9.17) is 0 Å². The zero-order valence-corrected chi connectivity index (χ0v) is 28.7. The lowest BCUT2D eigenvalue weighted by Crippen LogP contribution is -2.78. The van der Waals surface area contributed by atoms with Crippen LogP contribution in [0.5, 0.6) is 0 Å². The Morgan fingerprint density at radius 1 is 0.500 bits per heavy atom. The number of alkyl halides is 11. The lowest BCUT2D eigenvalue weighted by atomic mass is 9.83. The lowest BCUT2D eigenvalue weighted by Gasteiger charge is -2.66. The fourth-order valence-corrected chi connectivity index (χ4v) is 15.3. The SMILES string of the molecule is BrC1(Br)C(Br)(Br)C(Br)(Br)C(Br)(Cc2ccccc2)C(Br)(Br)C1(Br)Br. The summed E-state index contributed by atoms with van der Waals surface area (Å²) in [5.41, 5.74) is 1.18. The van der Waals surface area contributed by atoms with Crippen molar-refractivity contribution in [3.63, 3.8) is 0 Å². The molecule has 11 heteroatoms. The minimum absolute atomic E-state index is 0.570. The van der Waals surface area contributed by atoms with E-state index in [-0.39, 0.29) is 0 Å². The number of hydrogen-bond acceptors (Lipinski definition) is 0. The quantitative estimate of drug-likeness (QED) is 0.259. The molecule has 1 aromatic carbocycles. The fourth-order valence-electron chi connectivity index (χ4n) is 2.39. The van der Waals surface area contributed by atoms with Crippen molar-refractivity contribution in [1.82, 2.24) is 0 Å². The smallest absolute Gasteiger partial charge is 0.0798 e. The summed E-state index contributed by atoms with van der Waals surface area (Å²) in [7, 11) is 0. The number of halogens is 11. The first-order chi connectivity index (χ1) is 10.6. The van der Waals surface area contributed by atoms with E-state index in [9.17, 15) is 0 Å². The Balaban J connectivity index is 2.73. The molecule has 1 fully saturated rings. The van der Waals surface area contributed by atoms with E-state index < -0.39 is 20.5 Å². The van der Waals surface area contributed by atoms with Gasteiger partial charge in [-0.2, -0.15) is 0 Å². The molecule has 0 spiro atoms. The second-order valence-corrected chi connectivity index (χ2v) is 23.9. The molecule has 0 bridgehead atoms. The van der Waals surface area contributed by atoms with E-state index in [1.807, 2.05) is 18.2 Å². The van der Waals surface area contributed by atoms with Crippen molar-refractivity contribution < 1.29 is 0 Å². The summed E-state index contributed by atoms with van der Waals surface area (Å²) in [6.07, 6.45) is 0.703. The van der Waals surface area contributed by atoms with Crippen molar-refractivity contribution in [2.45, 2.75) is 26.9 Å². The summed E-state index contributed by atoms with van der Waals surface area (Å²) in [6, 6.07) is 10.3. The van der Waals surface area contributed by atoms with Crippen LogP contribution >= 0.6 is 175 Å². The van der Waals surface area contributed by atoms with Crippen LogP contribution in [0.2, 0.25) is 0 Å². The van der Waals surface area contributed by atoms with Gasteiger partial charge in [-0.15, -0.1) is 0 Å². The standard InChI is InChI=1S/C13H7Br11/c14-8(6-7-4-2-1-3-5-7)9(15,16)11(19,20)13(23,24)12(21,22)10(8,17)18/h1-5H,6H2. The molecule has 0 atom stereocenters. The van der Waals surface area contributed by atoms with Crippen molar-refractivity contribution in [2.24, 2.45) is 0 Å². The van der Waals surface area contributed by atoms with E-state index in [1.54, 1.807) is 0 Å². The van der Waals surface area contributed by atoms with Gasteiger partial charge in [0.2, 0.25) is 0 Å². The highest BCUT2D eigenvalue weighted by Gasteiger charge is 2.84. The Kier molecular flexibility index (Phi) is 8.13. The van der Waals surface area contributed by atoms with Gasteiger partial charge in [-0.1, -0.05) is 206 Å². The van der Waals surface area contributed by atoms with E-state index in [2.05, 4.69) is 187 Å². The third kappa shape index (κ3) is 3.37. The maximum absolute atomic E-state index is 4.03. The Morgan fingerprint density at radius 3 is 1.21 bits per heavy atom. The molecule has 0 aromatic heterocycles. The van der Waals surface area contributed by atoms with E-state index in [0.717, 1.165) is 0 Å². The summed E-state index contributed by atoms with van der Waals surface area (Å²) >= 11 is 42.7. The largest absolute Gasteiger partial charge is 0.135 e. The molecule has 2 rings (SSSR count). The van der Waals surface area contributed by atoms with Crippen molar-refractivity contribution in [2.75, 3.05) is 0 Å². The van der Waals surface area contributed by atoms with Crippen LogP contribution in [0.15, 0.2) is 30.3 Å². The van der Waals surface area contributed by atoms with Crippen LogP contribution in [0.1, 0.15) is 5.56 Å². The fraction of sp³-hybridized carbons (Fsp3) is 0.538. The predicted molar refractivity (Wildman–Crippen MR) is 145 cm³/mol. The first-order valence-corrected chi connectivity index (χ1v) is 14.9. The van der Waals surface area contributed by atoms with Crippen LogP contribution in [0.4, 0.5) is 0 Å². The maximum atomic E-state index is 4.03. The Hall–Kier alpha value is 4.50. The molecule has 136 valence electrons. The van der Waals surface area contributed by atoms with E-state index in [0.29, 0.717) is 6.42 Å². The lowest BCUT2D eigenvalue weighted by molar-refractivity contribution is 0.399.